The molecule has 0 spiro atoms. The van der Waals surface area contributed by atoms with E-state index in [9.17, 15) is 22.8 Å². The summed E-state index contributed by atoms with van der Waals surface area (Å²) in [6.07, 6.45) is -4.59. The summed E-state index contributed by atoms with van der Waals surface area (Å²) in [6, 6.07) is 4.22. The van der Waals surface area contributed by atoms with Crippen LogP contribution in [-0.4, -0.2) is 29.7 Å². The maximum atomic E-state index is 12.6. The molecule has 0 saturated heterocycles. The standard InChI is InChI=1S/C13H12F3NO3/c1-7-5-8-3-2-4-9(11(18)19)10(8)17(6-7)12(20)13(14,15)16/h2-4,7H,5-6H2,1H3,(H,18,19). The number of aromatic carboxylic acids is 1. The highest BCUT2D eigenvalue weighted by atomic mass is 19.4. The average molecular weight is 287 g/mol. The van der Waals surface area contributed by atoms with Crippen molar-refractivity contribution in [3.8, 4) is 0 Å². The number of carboxylic acids is 1. The number of anilines is 1. The molecular weight excluding hydrogens is 275 g/mol. The van der Waals surface area contributed by atoms with Gasteiger partial charge >= 0.3 is 18.1 Å². The monoisotopic (exact) mass is 287 g/mol. The van der Waals surface area contributed by atoms with E-state index < -0.39 is 18.1 Å². The highest BCUT2D eigenvalue weighted by Crippen LogP contribution is 2.35. The van der Waals surface area contributed by atoms with Crippen LogP contribution in [0.25, 0.3) is 0 Å². The molecule has 4 nitrogen and oxygen atoms in total. The predicted molar refractivity (Wildman–Crippen MR) is 64.7 cm³/mol. The topological polar surface area (TPSA) is 57.6 Å². The first-order valence-corrected chi connectivity index (χ1v) is 5.95. The fourth-order valence-electron chi connectivity index (χ4n) is 2.43. The molecule has 1 aromatic carbocycles. The lowest BCUT2D eigenvalue weighted by atomic mass is 9.91. The average Bonchev–Trinajstić information content (AvgIpc) is 2.34. The van der Waals surface area contributed by atoms with Crippen LogP contribution in [0.5, 0.6) is 0 Å². The van der Waals surface area contributed by atoms with Gasteiger partial charge in [-0.15, -0.1) is 0 Å². The predicted octanol–water partition coefficient (Wildman–Crippen LogP) is 2.47. The number of amides is 1. The van der Waals surface area contributed by atoms with Gasteiger partial charge in [-0.25, -0.2) is 4.79 Å². The van der Waals surface area contributed by atoms with Crippen molar-refractivity contribution in [2.45, 2.75) is 19.5 Å². The van der Waals surface area contributed by atoms with Crippen LogP contribution >= 0.6 is 0 Å². The van der Waals surface area contributed by atoms with Gasteiger partial charge in [-0.3, -0.25) is 4.79 Å². The number of alkyl halides is 3. The van der Waals surface area contributed by atoms with Gasteiger partial charge in [-0.2, -0.15) is 13.2 Å². The Bertz CT molecular complexity index is 568. The van der Waals surface area contributed by atoms with E-state index in [2.05, 4.69) is 0 Å². The van der Waals surface area contributed by atoms with Gasteiger partial charge in [0.25, 0.3) is 0 Å². The van der Waals surface area contributed by atoms with E-state index in [4.69, 9.17) is 5.11 Å². The van der Waals surface area contributed by atoms with Crippen molar-refractivity contribution in [2.24, 2.45) is 5.92 Å². The summed E-state index contributed by atoms with van der Waals surface area (Å²) in [6.45, 7) is 1.57. The van der Waals surface area contributed by atoms with E-state index >= 15 is 0 Å². The van der Waals surface area contributed by atoms with Crippen LogP contribution < -0.4 is 4.90 Å². The lowest BCUT2D eigenvalue weighted by Crippen LogP contribution is -2.46. The van der Waals surface area contributed by atoms with Crippen molar-refractivity contribution in [2.75, 3.05) is 11.4 Å². The Morgan fingerprint density at radius 1 is 1.35 bits per heavy atom. The Morgan fingerprint density at radius 2 is 2.00 bits per heavy atom. The number of carboxylic acid groups (broad SMARTS) is 1. The van der Waals surface area contributed by atoms with Crippen LogP contribution in [0.2, 0.25) is 0 Å². The summed E-state index contributed by atoms with van der Waals surface area (Å²) >= 11 is 0. The third kappa shape index (κ3) is 2.48. The van der Waals surface area contributed by atoms with Gasteiger partial charge < -0.3 is 10.0 Å². The van der Waals surface area contributed by atoms with Crippen molar-refractivity contribution in [1.82, 2.24) is 0 Å². The van der Waals surface area contributed by atoms with Crippen LogP contribution in [0.1, 0.15) is 22.8 Å². The van der Waals surface area contributed by atoms with Crippen molar-refractivity contribution in [1.29, 1.82) is 0 Å². The minimum Gasteiger partial charge on any atom is -0.478 e. The molecule has 0 bridgehead atoms. The molecule has 0 aliphatic carbocycles. The Kier molecular flexibility index (Phi) is 3.45. The van der Waals surface area contributed by atoms with Crippen molar-refractivity contribution in [3.05, 3.63) is 29.3 Å². The van der Waals surface area contributed by atoms with Crippen molar-refractivity contribution >= 4 is 17.6 Å². The molecule has 0 radical (unpaired) electrons. The molecule has 0 saturated carbocycles. The molecule has 2 rings (SSSR count). The molecule has 7 heteroatoms. The largest absolute Gasteiger partial charge is 0.478 e. The lowest BCUT2D eigenvalue weighted by Gasteiger charge is -2.34. The second kappa shape index (κ2) is 4.81. The molecule has 0 fully saturated rings. The Morgan fingerprint density at radius 3 is 2.55 bits per heavy atom. The first-order chi connectivity index (χ1) is 9.21. The molecule has 1 aliphatic rings. The van der Waals surface area contributed by atoms with Crippen LogP contribution in [0, 0.1) is 5.92 Å². The molecule has 1 aliphatic heterocycles. The van der Waals surface area contributed by atoms with Crippen LogP contribution in [0.3, 0.4) is 0 Å². The quantitative estimate of drug-likeness (QED) is 0.863. The normalized spacial score (nSPS) is 18.6. The van der Waals surface area contributed by atoms with Gasteiger partial charge in [0, 0.05) is 6.54 Å². The molecule has 1 N–H and O–H groups in total. The fraction of sp³-hybridized carbons (Fsp3) is 0.385. The molecule has 1 aromatic rings. The number of halogens is 3. The van der Waals surface area contributed by atoms with Crippen LogP contribution in [0.4, 0.5) is 18.9 Å². The number of para-hydroxylation sites is 1. The van der Waals surface area contributed by atoms with Crippen molar-refractivity contribution in [3.63, 3.8) is 0 Å². The number of hydrogen-bond acceptors (Lipinski definition) is 2. The summed E-state index contributed by atoms with van der Waals surface area (Å²) in [5.74, 6) is -3.55. The molecular formula is C13H12F3NO3. The zero-order valence-electron chi connectivity index (χ0n) is 10.6. The second-order valence-corrected chi connectivity index (χ2v) is 4.84. The van der Waals surface area contributed by atoms with Gasteiger partial charge in [0.2, 0.25) is 0 Å². The summed E-state index contributed by atoms with van der Waals surface area (Å²) in [4.78, 5) is 23.2. The molecule has 108 valence electrons. The maximum Gasteiger partial charge on any atom is 0.471 e. The highest BCUT2D eigenvalue weighted by molar-refractivity contribution is 6.05. The SMILES string of the molecule is CC1Cc2cccc(C(=O)O)c2N(C(=O)C(F)(F)F)C1. The number of nitrogens with zero attached hydrogens (tertiary/aromatic N) is 1. The van der Waals surface area contributed by atoms with Crippen LogP contribution in [0.15, 0.2) is 18.2 Å². The molecule has 1 unspecified atom stereocenters. The van der Waals surface area contributed by atoms with Gasteiger partial charge in [0.15, 0.2) is 0 Å². The smallest absolute Gasteiger partial charge is 0.471 e. The van der Waals surface area contributed by atoms with E-state index in [0.29, 0.717) is 16.9 Å². The molecule has 20 heavy (non-hydrogen) atoms. The minimum atomic E-state index is -5.03. The fourth-order valence-corrected chi connectivity index (χ4v) is 2.43. The van der Waals surface area contributed by atoms with E-state index in [1.807, 2.05) is 0 Å². The van der Waals surface area contributed by atoms with Gasteiger partial charge in [0.1, 0.15) is 0 Å². The lowest BCUT2D eigenvalue weighted by molar-refractivity contribution is -0.170. The van der Waals surface area contributed by atoms with Gasteiger partial charge in [0.05, 0.1) is 11.3 Å². The Hall–Kier alpha value is -2.05. The Balaban J connectivity index is 2.58. The maximum absolute atomic E-state index is 12.6. The number of carbonyl (C=O) groups is 2. The first-order valence-electron chi connectivity index (χ1n) is 5.95. The molecule has 1 amide bonds. The highest BCUT2D eigenvalue weighted by Gasteiger charge is 2.45. The number of benzene rings is 1. The zero-order chi connectivity index (χ0) is 15.1. The van der Waals surface area contributed by atoms with Crippen molar-refractivity contribution < 1.29 is 27.9 Å². The molecule has 1 heterocycles. The van der Waals surface area contributed by atoms with E-state index in [0.717, 1.165) is 0 Å². The second-order valence-electron chi connectivity index (χ2n) is 4.84. The van der Waals surface area contributed by atoms with Gasteiger partial charge in [-0.1, -0.05) is 19.1 Å². The summed E-state index contributed by atoms with van der Waals surface area (Å²) in [5.41, 5.74) is 0.0219. The summed E-state index contributed by atoms with van der Waals surface area (Å²) < 4.78 is 37.9. The number of hydrogen-bond donors (Lipinski definition) is 1. The van der Waals surface area contributed by atoms with E-state index in [-0.39, 0.29) is 23.7 Å². The molecule has 1 atom stereocenters. The third-order valence-electron chi connectivity index (χ3n) is 3.17. The zero-order valence-corrected chi connectivity index (χ0v) is 10.6. The number of carbonyl (C=O) groups excluding carboxylic acids is 1. The number of rotatable bonds is 1. The Labute approximate surface area is 112 Å². The first kappa shape index (κ1) is 14.4. The third-order valence-corrected chi connectivity index (χ3v) is 3.17. The van der Waals surface area contributed by atoms with E-state index in [1.54, 1.807) is 13.0 Å². The van der Waals surface area contributed by atoms with E-state index in [1.165, 1.54) is 12.1 Å². The van der Waals surface area contributed by atoms with Gasteiger partial charge in [-0.05, 0) is 24.0 Å². The molecule has 0 aromatic heterocycles. The summed E-state index contributed by atoms with van der Waals surface area (Å²) in [7, 11) is 0. The van der Waals surface area contributed by atoms with Crippen LogP contribution in [-0.2, 0) is 11.2 Å². The summed E-state index contributed by atoms with van der Waals surface area (Å²) in [5, 5.41) is 9.09. The minimum absolute atomic E-state index is 0.138. The number of fused-ring (bicyclic) bond motifs is 1.